The molecule has 0 atom stereocenters. The zero-order valence-corrected chi connectivity index (χ0v) is 12.5. The molecule has 104 valence electrons. The largest absolute Gasteiger partial charge is 0.241 e. The SMILES string of the molecule is Cc1sc(-c2ccc3ccccc3c2)nc1CCN=[N+]=[N-]. The Bertz CT molecular complexity index is 831. The first-order valence-electron chi connectivity index (χ1n) is 6.74. The standard InChI is InChI=1S/C16H14N4S/c1-11-15(8-9-18-20-17)19-16(21-11)14-7-6-12-4-2-3-5-13(12)10-14/h2-7,10H,8-9H2,1H3. The van der Waals surface area contributed by atoms with E-state index in [2.05, 4.69) is 47.3 Å². The fraction of sp³-hybridized carbons (Fsp3) is 0.188. The molecular weight excluding hydrogens is 280 g/mol. The molecule has 0 saturated heterocycles. The summed E-state index contributed by atoms with van der Waals surface area (Å²) in [5, 5.41) is 7.05. The van der Waals surface area contributed by atoms with Gasteiger partial charge in [-0.25, -0.2) is 4.98 Å². The number of benzene rings is 2. The van der Waals surface area contributed by atoms with E-state index in [1.165, 1.54) is 15.6 Å². The van der Waals surface area contributed by atoms with Crippen LogP contribution in [0.25, 0.3) is 31.8 Å². The van der Waals surface area contributed by atoms with Crippen LogP contribution in [0, 0.1) is 6.92 Å². The lowest BCUT2D eigenvalue weighted by atomic mass is 10.1. The first-order valence-corrected chi connectivity index (χ1v) is 7.56. The van der Waals surface area contributed by atoms with E-state index in [0.717, 1.165) is 16.3 Å². The average molecular weight is 294 g/mol. The number of thiazole rings is 1. The van der Waals surface area contributed by atoms with Crippen LogP contribution in [-0.2, 0) is 6.42 Å². The number of fused-ring (bicyclic) bond motifs is 1. The quantitative estimate of drug-likeness (QED) is 0.374. The van der Waals surface area contributed by atoms with Crippen LogP contribution in [0.4, 0.5) is 0 Å². The number of hydrogen-bond donors (Lipinski definition) is 0. The average Bonchev–Trinajstić information content (AvgIpc) is 2.88. The third-order valence-electron chi connectivity index (χ3n) is 3.40. The van der Waals surface area contributed by atoms with E-state index < -0.39 is 0 Å². The first-order chi connectivity index (χ1) is 10.3. The van der Waals surface area contributed by atoms with Gasteiger partial charge in [0, 0.05) is 21.9 Å². The lowest BCUT2D eigenvalue weighted by Gasteiger charge is -2.00. The molecule has 5 heteroatoms. The highest BCUT2D eigenvalue weighted by Crippen LogP contribution is 2.30. The van der Waals surface area contributed by atoms with Crippen LogP contribution in [0.5, 0.6) is 0 Å². The summed E-state index contributed by atoms with van der Waals surface area (Å²) in [4.78, 5) is 8.66. The fourth-order valence-electron chi connectivity index (χ4n) is 2.31. The predicted octanol–water partition coefficient (Wildman–Crippen LogP) is 5.12. The van der Waals surface area contributed by atoms with E-state index in [9.17, 15) is 0 Å². The summed E-state index contributed by atoms with van der Waals surface area (Å²) < 4.78 is 0. The molecule has 21 heavy (non-hydrogen) atoms. The Morgan fingerprint density at radius 2 is 2.00 bits per heavy atom. The van der Waals surface area contributed by atoms with Crippen molar-refractivity contribution in [2.45, 2.75) is 13.3 Å². The Hall–Kier alpha value is -2.36. The van der Waals surface area contributed by atoms with Crippen LogP contribution in [0.15, 0.2) is 47.6 Å². The van der Waals surface area contributed by atoms with Gasteiger partial charge in [-0.05, 0) is 35.7 Å². The van der Waals surface area contributed by atoms with E-state index >= 15 is 0 Å². The Balaban J connectivity index is 1.94. The van der Waals surface area contributed by atoms with Crippen molar-refractivity contribution in [3.8, 4) is 10.6 Å². The molecule has 0 unspecified atom stereocenters. The monoisotopic (exact) mass is 294 g/mol. The normalized spacial score (nSPS) is 10.5. The van der Waals surface area contributed by atoms with Crippen LogP contribution in [0.2, 0.25) is 0 Å². The second-order valence-corrected chi connectivity index (χ2v) is 5.99. The Morgan fingerprint density at radius 1 is 1.19 bits per heavy atom. The first kappa shape index (κ1) is 13.6. The van der Waals surface area contributed by atoms with Gasteiger partial charge in [-0.3, -0.25) is 0 Å². The van der Waals surface area contributed by atoms with Crippen molar-refractivity contribution in [1.29, 1.82) is 0 Å². The smallest absolute Gasteiger partial charge is 0.123 e. The summed E-state index contributed by atoms with van der Waals surface area (Å²) in [6, 6.07) is 14.7. The minimum absolute atomic E-state index is 0.457. The lowest BCUT2D eigenvalue weighted by molar-refractivity contribution is 0.918. The molecule has 0 amide bonds. The maximum absolute atomic E-state index is 8.34. The zero-order valence-electron chi connectivity index (χ0n) is 11.7. The van der Waals surface area contributed by atoms with Gasteiger partial charge in [0.25, 0.3) is 0 Å². The van der Waals surface area contributed by atoms with Crippen molar-refractivity contribution >= 4 is 22.1 Å². The van der Waals surface area contributed by atoms with Crippen molar-refractivity contribution < 1.29 is 0 Å². The van der Waals surface area contributed by atoms with Gasteiger partial charge >= 0.3 is 0 Å². The van der Waals surface area contributed by atoms with Gasteiger partial charge in [-0.15, -0.1) is 11.3 Å². The molecule has 3 rings (SSSR count). The molecule has 0 radical (unpaired) electrons. The van der Waals surface area contributed by atoms with Crippen molar-refractivity contribution in [1.82, 2.24) is 4.98 Å². The maximum Gasteiger partial charge on any atom is 0.123 e. The van der Waals surface area contributed by atoms with Gasteiger partial charge in [0.05, 0.1) is 5.69 Å². The van der Waals surface area contributed by atoms with Crippen LogP contribution in [0.3, 0.4) is 0 Å². The molecular formula is C16H14N4S. The molecule has 3 aromatic rings. The molecule has 0 aliphatic rings. The highest BCUT2D eigenvalue weighted by Gasteiger charge is 2.09. The van der Waals surface area contributed by atoms with Crippen molar-refractivity contribution in [2.75, 3.05) is 6.54 Å². The Morgan fingerprint density at radius 3 is 2.81 bits per heavy atom. The molecule has 0 N–H and O–H groups in total. The van der Waals surface area contributed by atoms with E-state index in [0.29, 0.717) is 13.0 Å². The minimum Gasteiger partial charge on any atom is -0.241 e. The Kier molecular flexibility index (Phi) is 3.86. The van der Waals surface area contributed by atoms with Crippen LogP contribution >= 0.6 is 11.3 Å². The molecule has 0 bridgehead atoms. The summed E-state index contributed by atoms with van der Waals surface area (Å²) in [7, 11) is 0. The molecule has 4 nitrogen and oxygen atoms in total. The van der Waals surface area contributed by atoms with Gasteiger partial charge in [-0.2, -0.15) is 0 Å². The van der Waals surface area contributed by atoms with E-state index in [1.54, 1.807) is 11.3 Å². The van der Waals surface area contributed by atoms with E-state index in [1.807, 2.05) is 12.1 Å². The third kappa shape index (κ3) is 2.89. The van der Waals surface area contributed by atoms with E-state index in [-0.39, 0.29) is 0 Å². The topological polar surface area (TPSA) is 61.7 Å². The summed E-state index contributed by atoms with van der Waals surface area (Å²) in [6.07, 6.45) is 0.694. The number of nitrogens with zero attached hydrogens (tertiary/aromatic N) is 4. The van der Waals surface area contributed by atoms with Crippen LogP contribution in [-0.4, -0.2) is 11.5 Å². The highest BCUT2D eigenvalue weighted by atomic mass is 32.1. The predicted molar refractivity (Wildman–Crippen MR) is 87.5 cm³/mol. The van der Waals surface area contributed by atoms with Crippen LogP contribution in [0.1, 0.15) is 10.6 Å². The summed E-state index contributed by atoms with van der Waals surface area (Å²) in [5.74, 6) is 0. The molecule has 0 aliphatic heterocycles. The number of aryl methyl sites for hydroxylation is 1. The van der Waals surface area contributed by atoms with Gasteiger partial charge in [-0.1, -0.05) is 41.5 Å². The lowest BCUT2D eigenvalue weighted by Crippen LogP contribution is -1.91. The fourth-order valence-corrected chi connectivity index (χ4v) is 3.26. The van der Waals surface area contributed by atoms with Gasteiger partial charge in [0.1, 0.15) is 5.01 Å². The molecule has 0 spiro atoms. The Labute approximate surface area is 126 Å². The number of rotatable bonds is 4. The minimum atomic E-state index is 0.457. The van der Waals surface area contributed by atoms with Crippen LogP contribution < -0.4 is 0 Å². The molecule has 1 heterocycles. The number of azide groups is 1. The summed E-state index contributed by atoms with van der Waals surface area (Å²) >= 11 is 1.69. The maximum atomic E-state index is 8.34. The second-order valence-electron chi connectivity index (χ2n) is 4.79. The van der Waals surface area contributed by atoms with Crippen molar-refractivity contribution in [3.63, 3.8) is 0 Å². The van der Waals surface area contributed by atoms with Crippen molar-refractivity contribution in [2.24, 2.45) is 5.11 Å². The number of aromatic nitrogens is 1. The summed E-state index contributed by atoms with van der Waals surface area (Å²) in [5.41, 5.74) is 10.5. The van der Waals surface area contributed by atoms with Gasteiger partial charge < -0.3 is 0 Å². The molecule has 2 aromatic carbocycles. The number of hydrogen-bond acceptors (Lipinski definition) is 3. The van der Waals surface area contributed by atoms with Crippen molar-refractivity contribution in [3.05, 3.63) is 63.5 Å². The molecule has 0 aliphatic carbocycles. The molecule has 0 fully saturated rings. The third-order valence-corrected chi connectivity index (χ3v) is 4.46. The van der Waals surface area contributed by atoms with Gasteiger partial charge in [0.2, 0.25) is 0 Å². The molecule has 1 aromatic heterocycles. The summed E-state index contributed by atoms with van der Waals surface area (Å²) in [6.45, 7) is 2.52. The highest BCUT2D eigenvalue weighted by molar-refractivity contribution is 7.15. The second kappa shape index (κ2) is 5.95. The van der Waals surface area contributed by atoms with Gasteiger partial charge in [0.15, 0.2) is 0 Å². The molecule has 0 saturated carbocycles. The zero-order chi connectivity index (χ0) is 14.7. The van der Waals surface area contributed by atoms with E-state index in [4.69, 9.17) is 10.5 Å².